The number of hydrogen-bond donors (Lipinski definition) is 3. The van der Waals surface area contributed by atoms with Gasteiger partial charge in [-0.05, 0) is 13.8 Å². The average Bonchev–Trinajstić information content (AvgIpc) is 3.05. The number of aliphatic hydroxyl groups excluding tert-OH is 1. The van der Waals surface area contributed by atoms with Gasteiger partial charge in [0, 0.05) is 11.3 Å². The number of carbonyl (C=O) groups excluding carboxylic acids is 1. The first-order valence-corrected chi connectivity index (χ1v) is 6.77. The molecule has 110 valence electrons. The van der Waals surface area contributed by atoms with Gasteiger partial charge in [0.25, 0.3) is 0 Å². The molecule has 20 heavy (non-hydrogen) atoms. The van der Waals surface area contributed by atoms with E-state index in [1.165, 1.54) is 0 Å². The minimum absolute atomic E-state index is 0.0863. The highest BCUT2D eigenvalue weighted by Gasteiger charge is 2.47. The number of fused-ring (bicyclic) bond motifs is 1. The van der Waals surface area contributed by atoms with Gasteiger partial charge in [0.05, 0.1) is 31.4 Å². The number of aryl methyl sites for hydroxylation is 2. The summed E-state index contributed by atoms with van der Waals surface area (Å²) < 4.78 is 11.0. The molecule has 2 fully saturated rings. The number of aromatic nitrogens is 2. The molecule has 0 unspecified atom stereocenters. The summed E-state index contributed by atoms with van der Waals surface area (Å²) >= 11 is 0. The summed E-state index contributed by atoms with van der Waals surface area (Å²) in [6, 6.07) is -0.197. The molecular formula is C13H19N3O4. The maximum atomic E-state index is 12.1. The monoisotopic (exact) mass is 281 g/mol. The van der Waals surface area contributed by atoms with Crippen LogP contribution in [0, 0.1) is 13.8 Å². The molecule has 1 amide bonds. The maximum Gasteiger partial charge on any atom is 0.224 e. The number of nitrogens with zero attached hydrogens (tertiary/aromatic N) is 1. The van der Waals surface area contributed by atoms with Crippen LogP contribution < -0.4 is 5.32 Å². The number of nitrogens with one attached hydrogen (secondary N) is 2. The van der Waals surface area contributed by atoms with Crippen LogP contribution in [0.3, 0.4) is 0 Å². The van der Waals surface area contributed by atoms with E-state index in [9.17, 15) is 9.90 Å². The van der Waals surface area contributed by atoms with Gasteiger partial charge in [-0.3, -0.25) is 9.89 Å². The van der Waals surface area contributed by atoms with Gasteiger partial charge < -0.3 is 19.9 Å². The number of carbonyl (C=O) groups is 1. The molecule has 4 atom stereocenters. The van der Waals surface area contributed by atoms with Gasteiger partial charge in [0.2, 0.25) is 5.91 Å². The zero-order valence-electron chi connectivity index (χ0n) is 11.5. The van der Waals surface area contributed by atoms with Crippen molar-refractivity contribution in [2.75, 3.05) is 13.2 Å². The predicted octanol–water partition coefficient (Wildman–Crippen LogP) is -0.788. The van der Waals surface area contributed by atoms with Crippen molar-refractivity contribution in [3.05, 3.63) is 17.0 Å². The van der Waals surface area contributed by atoms with E-state index in [0.717, 1.165) is 17.0 Å². The number of rotatable bonds is 3. The molecule has 3 rings (SSSR count). The van der Waals surface area contributed by atoms with Gasteiger partial charge in [-0.1, -0.05) is 0 Å². The Kier molecular flexibility index (Phi) is 3.49. The quantitative estimate of drug-likeness (QED) is 0.675. The van der Waals surface area contributed by atoms with Crippen molar-refractivity contribution in [3.63, 3.8) is 0 Å². The van der Waals surface area contributed by atoms with Crippen LogP contribution in [-0.2, 0) is 20.7 Å². The highest BCUT2D eigenvalue weighted by atomic mass is 16.6. The zero-order chi connectivity index (χ0) is 14.3. The molecule has 0 aliphatic carbocycles. The summed E-state index contributed by atoms with van der Waals surface area (Å²) in [6.45, 7) is 4.41. The average molecular weight is 281 g/mol. The normalized spacial score (nSPS) is 32.4. The Labute approximate surface area is 116 Å². The molecule has 7 nitrogen and oxygen atoms in total. The van der Waals surface area contributed by atoms with Gasteiger partial charge in [-0.25, -0.2) is 0 Å². The summed E-state index contributed by atoms with van der Waals surface area (Å²) in [6.07, 6.45) is -0.886. The van der Waals surface area contributed by atoms with E-state index in [1.54, 1.807) is 0 Å². The molecule has 3 heterocycles. The Hall–Kier alpha value is -1.44. The second-order valence-electron chi connectivity index (χ2n) is 5.43. The molecule has 0 spiro atoms. The smallest absolute Gasteiger partial charge is 0.224 e. The summed E-state index contributed by atoms with van der Waals surface area (Å²) in [4.78, 5) is 12.1. The molecule has 0 saturated carbocycles. The van der Waals surface area contributed by atoms with Crippen molar-refractivity contribution >= 4 is 5.91 Å². The van der Waals surface area contributed by atoms with Crippen LogP contribution >= 0.6 is 0 Å². The predicted molar refractivity (Wildman–Crippen MR) is 69.2 cm³/mol. The third-order valence-electron chi connectivity index (χ3n) is 3.99. The maximum absolute atomic E-state index is 12.1. The van der Waals surface area contributed by atoms with Crippen molar-refractivity contribution in [1.29, 1.82) is 0 Å². The summed E-state index contributed by atoms with van der Waals surface area (Å²) in [7, 11) is 0. The SMILES string of the molecule is Cc1n[nH]c(C)c1CC(=O)N[C@@H]1CO[C@H]2[C@@H]1OC[C@H]2O. The third kappa shape index (κ3) is 2.32. The minimum atomic E-state index is -0.597. The van der Waals surface area contributed by atoms with Crippen LogP contribution in [0.25, 0.3) is 0 Å². The fourth-order valence-electron chi connectivity index (χ4n) is 2.86. The number of amides is 1. The molecule has 0 aromatic carbocycles. The standard InChI is InChI=1S/C13H19N3O4/c1-6-8(7(2)16-15-6)3-11(18)14-9-4-19-13-10(17)5-20-12(9)13/h9-10,12-13,17H,3-5H2,1-2H3,(H,14,18)(H,15,16)/t9-,10-,12-,13-/m1/s1. The molecule has 7 heteroatoms. The third-order valence-corrected chi connectivity index (χ3v) is 3.99. The van der Waals surface area contributed by atoms with Crippen LogP contribution in [0.15, 0.2) is 0 Å². The lowest BCUT2D eigenvalue weighted by atomic mass is 10.1. The van der Waals surface area contributed by atoms with Gasteiger partial charge in [-0.2, -0.15) is 5.10 Å². The second kappa shape index (κ2) is 5.16. The molecule has 1 aromatic heterocycles. The van der Waals surface area contributed by atoms with Crippen LogP contribution in [0.4, 0.5) is 0 Å². The molecule has 2 saturated heterocycles. The van der Waals surface area contributed by atoms with E-state index < -0.39 is 6.10 Å². The molecule has 3 N–H and O–H groups in total. The van der Waals surface area contributed by atoms with E-state index in [1.807, 2.05) is 13.8 Å². The van der Waals surface area contributed by atoms with Gasteiger partial charge in [0.15, 0.2) is 0 Å². The van der Waals surface area contributed by atoms with Crippen LogP contribution in [-0.4, -0.2) is 58.8 Å². The molecule has 0 radical (unpaired) electrons. The summed E-state index contributed by atoms with van der Waals surface area (Å²) in [5.74, 6) is -0.0863. The number of hydrogen-bond acceptors (Lipinski definition) is 5. The van der Waals surface area contributed by atoms with Crippen molar-refractivity contribution in [1.82, 2.24) is 15.5 Å². The number of H-pyrrole nitrogens is 1. The van der Waals surface area contributed by atoms with Crippen LogP contribution in [0.2, 0.25) is 0 Å². The number of aromatic amines is 1. The van der Waals surface area contributed by atoms with Crippen LogP contribution in [0.5, 0.6) is 0 Å². The zero-order valence-corrected chi connectivity index (χ0v) is 11.5. The first-order chi connectivity index (χ1) is 9.56. The molecule has 2 aliphatic rings. The van der Waals surface area contributed by atoms with Gasteiger partial charge >= 0.3 is 0 Å². The Morgan fingerprint density at radius 2 is 2.15 bits per heavy atom. The first kappa shape index (κ1) is 13.5. The highest BCUT2D eigenvalue weighted by Crippen LogP contribution is 2.27. The van der Waals surface area contributed by atoms with Crippen molar-refractivity contribution in [2.45, 2.75) is 44.6 Å². The molecule has 1 aromatic rings. The van der Waals surface area contributed by atoms with Crippen molar-refractivity contribution < 1.29 is 19.4 Å². The lowest BCUT2D eigenvalue weighted by Gasteiger charge is -2.17. The largest absolute Gasteiger partial charge is 0.388 e. The lowest BCUT2D eigenvalue weighted by Crippen LogP contribution is -2.44. The Bertz CT molecular complexity index is 496. The second-order valence-corrected chi connectivity index (χ2v) is 5.43. The lowest BCUT2D eigenvalue weighted by molar-refractivity contribution is -0.121. The van der Waals surface area contributed by atoms with Crippen molar-refractivity contribution in [3.8, 4) is 0 Å². The van der Waals surface area contributed by atoms with Crippen LogP contribution in [0.1, 0.15) is 17.0 Å². The summed E-state index contributed by atoms with van der Waals surface area (Å²) in [5, 5.41) is 19.5. The summed E-state index contributed by atoms with van der Waals surface area (Å²) in [5.41, 5.74) is 2.67. The van der Waals surface area contributed by atoms with E-state index in [-0.39, 0.29) is 37.2 Å². The van der Waals surface area contributed by atoms with Gasteiger partial charge in [0.1, 0.15) is 18.3 Å². The number of aliphatic hydroxyl groups is 1. The molecular weight excluding hydrogens is 262 g/mol. The van der Waals surface area contributed by atoms with Gasteiger partial charge in [-0.15, -0.1) is 0 Å². The van der Waals surface area contributed by atoms with E-state index in [0.29, 0.717) is 6.61 Å². The topological polar surface area (TPSA) is 96.5 Å². The minimum Gasteiger partial charge on any atom is -0.388 e. The van der Waals surface area contributed by atoms with Crippen molar-refractivity contribution in [2.24, 2.45) is 0 Å². The first-order valence-electron chi connectivity index (χ1n) is 6.77. The van der Waals surface area contributed by atoms with E-state index in [4.69, 9.17) is 9.47 Å². The van der Waals surface area contributed by atoms with E-state index in [2.05, 4.69) is 15.5 Å². The Balaban J connectivity index is 1.60. The Morgan fingerprint density at radius 3 is 2.85 bits per heavy atom. The number of ether oxygens (including phenoxy) is 2. The fourth-order valence-corrected chi connectivity index (χ4v) is 2.86. The molecule has 2 aliphatic heterocycles. The highest BCUT2D eigenvalue weighted by molar-refractivity contribution is 5.79. The Morgan fingerprint density at radius 1 is 1.40 bits per heavy atom. The fraction of sp³-hybridized carbons (Fsp3) is 0.692. The molecule has 0 bridgehead atoms. The van der Waals surface area contributed by atoms with E-state index >= 15 is 0 Å².